The second-order valence-corrected chi connectivity index (χ2v) is 4.43. The molecule has 0 N–H and O–H groups in total. The minimum atomic E-state index is -0.416. The summed E-state index contributed by atoms with van der Waals surface area (Å²) in [6, 6.07) is 6.34. The molecule has 0 aliphatic heterocycles. The topological polar surface area (TPSA) is 72.2 Å². The lowest BCUT2D eigenvalue weighted by Crippen LogP contribution is -2.13. The zero-order valence-corrected chi connectivity index (χ0v) is 10.8. The summed E-state index contributed by atoms with van der Waals surface area (Å²) >= 11 is 0. The highest BCUT2D eigenvalue weighted by atomic mass is 16.6. The van der Waals surface area contributed by atoms with Crippen LogP contribution in [0.5, 0.6) is 0 Å². The van der Waals surface area contributed by atoms with Crippen molar-refractivity contribution in [2.24, 2.45) is 0 Å². The molecule has 0 radical (unpaired) electrons. The summed E-state index contributed by atoms with van der Waals surface area (Å²) in [6.45, 7) is 0.681. The Balaban J connectivity index is 2.19. The normalized spacial score (nSPS) is 10.7. The Morgan fingerprint density at radius 3 is 2.16 bits per heavy atom. The molecule has 0 aliphatic carbocycles. The first-order chi connectivity index (χ1) is 9.06. The van der Waals surface area contributed by atoms with Crippen molar-refractivity contribution in [1.82, 2.24) is 14.9 Å². The molecule has 0 amide bonds. The lowest BCUT2D eigenvalue weighted by molar-refractivity contribution is -0.384. The lowest BCUT2D eigenvalue weighted by atomic mass is 10.1. The van der Waals surface area contributed by atoms with Crippen LogP contribution in [0.3, 0.4) is 0 Å². The number of nitrogens with zero attached hydrogens (tertiary/aromatic N) is 4. The van der Waals surface area contributed by atoms with Gasteiger partial charge >= 0.3 is 0 Å². The van der Waals surface area contributed by atoms with Gasteiger partial charge in [0.05, 0.1) is 11.5 Å². The van der Waals surface area contributed by atoms with Gasteiger partial charge in [0.25, 0.3) is 5.69 Å². The second kappa shape index (κ2) is 5.53. The number of hydrogen-bond donors (Lipinski definition) is 0. The number of benzene rings is 1. The Morgan fingerprint density at radius 2 is 1.68 bits per heavy atom. The summed E-state index contributed by atoms with van der Waals surface area (Å²) in [5.74, 6) is 0.746. The van der Waals surface area contributed by atoms with Gasteiger partial charge in [-0.05, 0) is 31.8 Å². The van der Waals surface area contributed by atoms with Crippen LogP contribution < -0.4 is 0 Å². The molecule has 6 nitrogen and oxygen atoms in total. The number of nitro groups is 1. The van der Waals surface area contributed by atoms with Crippen molar-refractivity contribution in [2.45, 2.75) is 6.54 Å². The SMILES string of the molecule is CN(C)Cc1ncc(-c2ccc([N+](=O)[O-])cc2)cn1. The molecule has 1 heterocycles. The highest BCUT2D eigenvalue weighted by Crippen LogP contribution is 2.21. The van der Waals surface area contributed by atoms with Gasteiger partial charge < -0.3 is 4.90 Å². The average molecular weight is 258 g/mol. The van der Waals surface area contributed by atoms with Crippen LogP contribution in [0.15, 0.2) is 36.7 Å². The number of aromatic nitrogens is 2. The van der Waals surface area contributed by atoms with E-state index < -0.39 is 4.92 Å². The number of non-ortho nitro benzene ring substituents is 1. The van der Waals surface area contributed by atoms with Crippen LogP contribution in [0.2, 0.25) is 0 Å². The predicted octanol–water partition coefficient (Wildman–Crippen LogP) is 2.11. The lowest BCUT2D eigenvalue weighted by Gasteiger charge is -2.08. The molecule has 2 rings (SSSR count). The van der Waals surface area contributed by atoms with E-state index >= 15 is 0 Å². The van der Waals surface area contributed by atoms with Crippen molar-refractivity contribution in [3.8, 4) is 11.1 Å². The highest BCUT2D eigenvalue weighted by molar-refractivity contribution is 5.62. The third kappa shape index (κ3) is 3.32. The molecule has 0 spiro atoms. The molecule has 1 aromatic heterocycles. The van der Waals surface area contributed by atoms with Gasteiger partial charge in [-0.15, -0.1) is 0 Å². The first-order valence-electron chi connectivity index (χ1n) is 5.77. The van der Waals surface area contributed by atoms with E-state index in [0.29, 0.717) is 6.54 Å². The fraction of sp³-hybridized carbons (Fsp3) is 0.231. The molecule has 0 aliphatic rings. The van der Waals surface area contributed by atoms with Gasteiger partial charge in [-0.3, -0.25) is 10.1 Å². The van der Waals surface area contributed by atoms with Gasteiger partial charge in [0.15, 0.2) is 0 Å². The van der Waals surface area contributed by atoms with E-state index in [1.807, 2.05) is 19.0 Å². The Bertz CT molecular complexity index is 564. The average Bonchev–Trinajstić information content (AvgIpc) is 2.39. The van der Waals surface area contributed by atoms with Crippen LogP contribution in [0.1, 0.15) is 5.82 Å². The van der Waals surface area contributed by atoms with Crippen molar-refractivity contribution < 1.29 is 4.92 Å². The summed E-state index contributed by atoms with van der Waals surface area (Å²) in [6.07, 6.45) is 3.46. The molecule has 0 bridgehead atoms. The third-order valence-electron chi connectivity index (χ3n) is 2.57. The molecule has 0 saturated carbocycles. The maximum Gasteiger partial charge on any atom is 0.269 e. The summed E-state index contributed by atoms with van der Waals surface area (Å²) in [5, 5.41) is 10.6. The summed E-state index contributed by atoms with van der Waals surface area (Å²) in [5.41, 5.74) is 1.79. The van der Waals surface area contributed by atoms with Crippen LogP contribution in [-0.4, -0.2) is 33.9 Å². The standard InChI is InChI=1S/C13H14N4O2/c1-16(2)9-13-14-7-11(8-15-13)10-3-5-12(6-4-10)17(18)19/h3-8H,9H2,1-2H3. The van der Waals surface area contributed by atoms with E-state index in [9.17, 15) is 10.1 Å². The number of rotatable bonds is 4. The first kappa shape index (κ1) is 13.1. The number of nitro benzene ring substituents is 1. The predicted molar refractivity (Wildman–Crippen MR) is 71.5 cm³/mol. The van der Waals surface area contributed by atoms with Crippen molar-refractivity contribution in [3.63, 3.8) is 0 Å². The molecular weight excluding hydrogens is 244 g/mol. The Morgan fingerprint density at radius 1 is 1.11 bits per heavy atom. The molecular formula is C13H14N4O2. The van der Waals surface area contributed by atoms with Gasteiger partial charge in [-0.1, -0.05) is 0 Å². The summed E-state index contributed by atoms with van der Waals surface area (Å²) in [7, 11) is 3.90. The first-order valence-corrected chi connectivity index (χ1v) is 5.77. The smallest absolute Gasteiger partial charge is 0.269 e. The van der Waals surface area contributed by atoms with Gasteiger partial charge in [-0.25, -0.2) is 9.97 Å². The molecule has 0 saturated heterocycles. The quantitative estimate of drug-likeness (QED) is 0.620. The van der Waals surface area contributed by atoms with Gasteiger partial charge in [0.2, 0.25) is 0 Å². The third-order valence-corrected chi connectivity index (χ3v) is 2.57. The van der Waals surface area contributed by atoms with Crippen LogP contribution >= 0.6 is 0 Å². The van der Waals surface area contributed by atoms with E-state index in [1.165, 1.54) is 12.1 Å². The van der Waals surface area contributed by atoms with Crippen molar-refractivity contribution in [2.75, 3.05) is 14.1 Å². The summed E-state index contributed by atoms with van der Waals surface area (Å²) < 4.78 is 0. The maximum atomic E-state index is 10.6. The van der Waals surface area contributed by atoms with Crippen LogP contribution in [-0.2, 0) is 6.54 Å². The minimum Gasteiger partial charge on any atom is -0.302 e. The van der Waals surface area contributed by atoms with E-state index in [4.69, 9.17) is 0 Å². The van der Waals surface area contributed by atoms with E-state index in [0.717, 1.165) is 17.0 Å². The fourth-order valence-electron chi connectivity index (χ4n) is 1.64. The molecule has 19 heavy (non-hydrogen) atoms. The minimum absolute atomic E-state index is 0.0777. The van der Waals surface area contributed by atoms with Gasteiger partial charge in [0, 0.05) is 30.1 Å². The zero-order valence-electron chi connectivity index (χ0n) is 10.8. The molecule has 6 heteroatoms. The van der Waals surface area contributed by atoms with Crippen LogP contribution in [0, 0.1) is 10.1 Å². The Labute approximate surface area is 110 Å². The number of hydrogen-bond acceptors (Lipinski definition) is 5. The maximum absolute atomic E-state index is 10.6. The molecule has 98 valence electrons. The molecule has 0 unspecified atom stereocenters. The van der Waals surface area contributed by atoms with Gasteiger partial charge in [-0.2, -0.15) is 0 Å². The van der Waals surface area contributed by atoms with Crippen LogP contribution in [0.4, 0.5) is 5.69 Å². The van der Waals surface area contributed by atoms with Crippen molar-refractivity contribution in [1.29, 1.82) is 0 Å². The van der Waals surface area contributed by atoms with E-state index in [1.54, 1.807) is 24.5 Å². The largest absolute Gasteiger partial charge is 0.302 e. The van der Waals surface area contributed by atoms with E-state index in [2.05, 4.69) is 9.97 Å². The fourth-order valence-corrected chi connectivity index (χ4v) is 1.64. The molecule has 0 atom stereocenters. The highest BCUT2D eigenvalue weighted by Gasteiger charge is 2.06. The van der Waals surface area contributed by atoms with Crippen molar-refractivity contribution in [3.05, 3.63) is 52.6 Å². The molecule has 2 aromatic rings. The Kier molecular flexibility index (Phi) is 3.82. The second-order valence-electron chi connectivity index (χ2n) is 4.43. The Hall–Kier alpha value is -2.34. The summed E-state index contributed by atoms with van der Waals surface area (Å²) in [4.78, 5) is 20.7. The zero-order chi connectivity index (χ0) is 13.8. The van der Waals surface area contributed by atoms with E-state index in [-0.39, 0.29) is 5.69 Å². The van der Waals surface area contributed by atoms with Gasteiger partial charge in [0.1, 0.15) is 5.82 Å². The van der Waals surface area contributed by atoms with Crippen LogP contribution in [0.25, 0.3) is 11.1 Å². The molecule has 1 aromatic carbocycles. The molecule has 0 fully saturated rings. The monoisotopic (exact) mass is 258 g/mol. The van der Waals surface area contributed by atoms with Crippen molar-refractivity contribution >= 4 is 5.69 Å².